The summed E-state index contributed by atoms with van der Waals surface area (Å²) in [5.41, 5.74) is 1.93. The standard InChI is InChI=1S/C22H25NO4/c1-12-7-9-15(13(2)11-12)23-18(16-10-8-14(3)27-16)17(19(24)21(23)26)20(25)22(4,5)6/h7-11,18,24H,1-6H3. The molecule has 1 N–H and O–H groups in total. The second-order valence-electron chi connectivity index (χ2n) is 8.16. The van der Waals surface area contributed by atoms with Gasteiger partial charge in [-0.25, -0.2) is 0 Å². The predicted octanol–water partition coefficient (Wildman–Crippen LogP) is 4.72. The minimum Gasteiger partial charge on any atom is -0.503 e. The molecule has 27 heavy (non-hydrogen) atoms. The number of amides is 1. The van der Waals surface area contributed by atoms with Gasteiger partial charge in [0.05, 0.1) is 5.57 Å². The molecule has 0 aliphatic carbocycles. The van der Waals surface area contributed by atoms with Crippen LogP contribution in [0.15, 0.2) is 46.1 Å². The molecule has 1 amide bonds. The molecular formula is C22H25NO4. The van der Waals surface area contributed by atoms with Crippen molar-refractivity contribution in [2.75, 3.05) is 4.90 Å². The van der Waals surface area contributed by atoms with E-state index in [-0.39, 0.29) is 11.4 Å². The molecule has 1 aromatic heterocycles. The Morgan fingerprint density at radius 3 is 2.30 bits per heavy atom. The molecule has 3 rings (SSSR count). The van der Waals surface area contributed by atoms with Crippen LogP contribution in [0.3, 0.4) is 0 Å². The summed E-state index contributed by atoms with van der Waals surface area (Å²) < 4.78 is 5.78. The molecule has 2 aromatic rings. The van der Waals surface area contributed by atoms with Crippen molar-refractivity contribution in [3.05, 3.63) is 64.3 Å². The Morgan fingerprint density at radius 1 is 1.11 bits per heavy atom. The van der Waals surface area contributed by atoms with Crippen LogP contribution in [0, 0.1) is 26.2 Å². The second-order valence-corrected chi connectivity index (χ2v) is 8.16. The van der Waals surface area contributed by atoms with Crippen LogP contribution in [0.2, 0.25) is 0 Å². The van der Waals surface area contributed by atoms with Gasteiger partial charge in [-0.15, -0.1) is 0 Å². The average Bonchev–Trinajstić information content (AvgIpc) is 3.09. The van der Waals surface area contributed by atoms with E-state index in [4.69, 9.17) is 4.42 Å². The van der Waals surface area contributed by atoms with E-state index in [2.05, 4.69) is 0 Å². The lowest BCUT2D eigenvalue weighted by Gasteiger charge is -2.28. The van der Waals surface area contributed by atoms with Crippen LogP contribution in [-0.2, 0) is 9.59 Å². The van der Waals surface area contributed by atoms with Gasteiger partial charge in [-0.05, 0) is 44.5 Å². The number of furan rings is 1. The van der Waals surface area contributed by atoms with E-state index in [0.29, 0.717) is 17.2 Å². The molecule has 2 heterocycles. The maximum absolute atomic E-state index is 13.1. The number of hydrogen-bond donors (Lipinski definition) is 1. The molecule has 0 saturated heterocycles. The Morgan fingerprint density at radius 2 is 1.78 bits per heavy atom. The molecule has 1 aliphatic heterocycles. The fourth-order valence-corrected chi connectivity index (χ4v) is 3.43. The van der Waals surface area contributed by atoms with E-state index in [9.17, 15) is 14.7 Å². The molecule has 0 saturated carbocycles. The number of aliphatic hydroxyl groups excluding tert-OH is 1. The van der Waals surface area contributed by atoms with Crippen molar-refractivity contribution in [1.29, 1.82) is 0 Å². The number of aliphatic hydroxyl groups is 1. The highest BCUT2D eigenvalue weighted by Gasteiger charge is 2.48. The number of nitrogens with zero attached hydrogens (tertiary/aromatic N) is 1. The Labute approximate surface area is 159 Å². The van der Waals surface area contributed by atoms with Crippen molar-refractivity contribution in [3.63, 3.8) is 0 Å². The van der Waals surface area contributed by atoms with Crippen molar-refractivity contribution < 1.29 is 19.1 Å². The third-order valence-electron chi connectivity index (χ3n) is 4.78. The smallest absolute Gasteiger partial charge is 0.294 e. The highest BCUT2D eigenvalue weighted by molar-refractivity contribution is 6.17. The van der Waals surface area contributed by atoms with Gasteiger partial charge in [0.15, 0.2) is 11.5 Å². The molecule has 1 atom stereocenters. The molecule has 0 spiro atoms. The van der Waals surface area contributed by atoms with Gasteiger partial charge in [0, 0.05) is 11.1 Å². The largest absolute Gasteiger partial charge is 0.503 e. The average molecular weight is 367 g/mol. The lowest BCUT2D eigenvalue weighted by Crippen LogP contribution is -2.33. The van der Waals surface area contributed by atoms with E-state index >= 15 is 0 Å². The number of rotatable bonds is 3. The quantitative estimate of drug-likeness (QED) is 0.852. The van der Waals surface area contributed by atoms with E-state index in [0.717, 1.165) is 11.1 Å². The summed E-state index contributed by atoms with van der Waals surface area (Å²) in [6.07, 6.45) is 0. The first-order valence-corrected chi connectivity index (χ1v) is 8.97. The lowest BCUT2D eigenvalue weighted by molar-refractivity contribution is -0.123. The van der Waals surface area contributed by atoms with Crippen molar-refractivity contribution >= 4 is 17.4 Å². The predicted molar refractivity (Wildman–Crippen MR) is 104 cm³/mol. The van der Waals surface area contributed by atoms with E-state index < -0.39 is 23.1 Å². The fraction of sp³-hybridized carbons (Fsp3) is 0.364. The number of hydrogen-bond acceptors (Lipinski definition) is 4. The Balaban J connectivity index is 2.22. The van der Waals surface area contributed by atoms with Gasteiger partial charge < -0.3 is 9.52 Å². The summed E-state index contributed by atoms with van der Waals surface area (Å²) in [6.45, 7) is 11.0. The van der Waals surface area contributed by atoms with Crippen LogP contribution in [0.25, 0.3) is 0 Å². The first-order chi connectivity index (χ1) is 12.5. The normalized spacial score (nSPS) is 17.8. The summed E-state index contributed by atoms with van der Waals surface area (Å²) in [7, 11) is 0. The van der Waals surface area contributed by atoms with Crippen LogP contribution in [0.1, 0.15) is 49.5 Å². The van der Waals surface area contributed by atoms with Gasteiger partial charge in [-0.1, -0.05) is 38.5 Å². The summed E-state index contributed by atoms with van der Waals surface area (Å²) in [6, 6.07) is 8.45. The number of ketones is 1. The molecule has 5 nitrogen and oxygen atoms in total. The van der Waals surface area contributed by atoms with Crippen LogP contribution in [0.4, 0.5) is 5.69 Å². The molecule has 0 bridgehead atoms. The number of aryl methyl sites for hydroxylation is 3. The summed E-state index contributed by atoms with van der Waals surface area (Å²) >= 11 is 0. The van der Waals surface area contributed by atoms with Crippen LogP contribution >= 0.6 is 0 Å². The molecule has 1 aliphatic rings. The highest BCUT2D eigenvalue weighted by Crippen LogP contribution is 2.44. The van der Waals surface area contributed by atoms with Gasteiger partial charge >= 0.3 is 0 Å². The van der Waals surface area contributed by atoms with Gasteiger partial charge in [-0.3, -0.25) is 14.5 Å². The maximum atomic E-state index is 13.1. The summed E-state index contributed by atoms with van der Waals surface area (Å²) in [5.74, 6) is -0.244. The van der Waals surface area contributed by atoms with Crippen molar-refractivity contribution in [2.45, 2.75) is 47.6 Å². The summed E-state index contributed by atoms with van der Waals surface area (Å²) in [5, 5.41) is 10.6. The third-order valence-corrected chi connectivity index (χ3v) is 4.78. The molecular weight excluding hydrogens is 342 g/mol. The number of Topliss-reactive ketones (excluding diaryl/α,β-unsaturated/α-hetero) is 1. The second kappa shape index (κ2) is 6.41. The number of anilines is 1. The van der Waals surface area contributed by atoms with Gasteiger partial charge in [0.25, 0.3) is 5.91 Å². The Bertz CT molecular complexity index is 959. The Hall–Kier alpha value is -2.82. The van der Waals surface area contributed by atoms with Crippen molar-refractivity contribution in [2.24, 2.45) is 5.41 Å². The van der Waals surface area contributed by atoms with Gasteiger partial charge in [0.1, 0.15) is 17.6 Å². The number of carbonyl (C=O) groups excluding carboxylic acids is 2. The molecule has 142 valence electrons. The molecule has 1 aromatic carbocycles. The fourth-order valence-electron chi connectivity index (χ4n) is 3.43. The zero-order valence-electron chi connectivity index (χ0n) is 16.6. The van der Waals surface area contributed by atoms with Gasteiger partial charge in [-0.2, -0.15) is 0 Å². The topological polar surface area (TPSA) is 70.8 Å². The van der Waals surface area contributed by atoms with Crippen LogP contribution in [0.5, 0.6) is 0 Å². The van der Waals surface area contributed by atoms with E-state index in [1.165, 1.54) is 4.90 Å². The van der Waals surface area contributed by atoms with Crippen LogP contribution in [-0.4, -0.2) is 16.8 Å². The summed E-state index contributed by atoms with van der Waals surface area (Å²) in [4.78, 5) is 27.5. The zero-order valence-corrected chi connectivity index (χ0v) is 16.6. The maximum Gasteiger partial charge on any atom is 0.294 e. The zero-order chi connectivity index (χ0) is 20.1. The molecule has 1 unspecified atom stereocenters. The lowest BCUT2D eigenvalue weighted by atomic mass is 9.83. The van der Waals surface area contributed by atoms with Gasteiger partial charge in [0.2, 0.25) is 0 Å². The SMILES string of the molecule is Cc1ccc(N2C(=O)C(O)=C(C(=O)C(C)(C)C)C2c2ccc(C)o2)c(C)c1. The monoisotopic (exact) mass is 367 g/mol. The van der Waals surface area contributed by atoms with Crippen molar-refractivity contribution in [1.82, 2.24) is 0 Å². The van der Waals surface area contributed by atoms with Crippen LogP contribution < -0.4 is 4.90 Å². The molecule has 0 radical (unpaired) electrons. The minimum atomic E-state index is -0.792. The first kappa shape index (κ1) is 19.0. The van der Waals surface area contributed by atoms with E-state index in [1.54, 1.807) is 39.8 Å². The number of benzene rings is 1. The highest BCUT2D eigenvalue weighted by atomic mass is 16.3. The third kappa shape index (κ3) is 3.18. The number of carbonyl (C=O) groups is 2. The molecule has 5 heteroatoms. The van der Waals surface area contributed by atoms with Crippen molar-refractivity contribution in [3.8, 4) is 0 Å². The Kier molecular flexibility index (Phi) is 4.50. The minimum absolute atomic E-state index is 0.0850. The van der Waals surface area contributed by atoms with E-state index in [1.807, 2.05) is 32.0 Å². The first-order valence-electron chi connectivity index (χ1n) is 8.97. The molecule has 0 fully saturated rings.